The van der Waals surface area contributed by atoms with Gasteiger partial charge in [-0.05, 0) is 17.0 Å². The number of morpholine rings is 1. The molecule has 0 unspecified atom stereocenters. The SMILES string of the molecule is O=C(CCC(=O)c1cccs1)N[C@@H](C[NH+]1CCOCC1)c1ccccc1. The summed E-state index contributed by atoms with van der Waals surface area (Å²) in [7, 11) is 0. The van der Waals surface area contributed by atoms with Gasteiger partial charge in [0.25, 0.3) is 0 Å². The Morgan fingerprint density at radius 1 is 1.08 bits per heavy atom. The Morgan fingerprint density at radius 2 is 1.85 bits per heavy atom. The van der Waals surface area contributed by atoms with Crippen molar-refractivity contribution < 1.29 is 19.2 Å². The summed E-state index contributed by atoms with van der Waals surface area (Å²) < 4.78 is 5.42. The van der Waals surface area contributed by atoms with E-state index < -0.39 is 0 Å². The standard InChI is InChI=1S/C20H24N2O3S/c23-18(19-7-4-14-26-19)8-9-20(24)21-17(16-5-2-1-3-6-16)15-22-10-12-25-13-11-22/h1-7,14,17H,8-13,15H2,(H,21,24)/p+1/t17-/m0/s1. The van der Waals surface area contributed by atoms with Crippen molar-refractivity contribution in [3.05, 3.63) is 58.3 Å². The maximum absolute atomic E-state index is 12.4. The molecule has 0 bridgehead atoms. The lowest BCUT2D eigenvalue weighted by atomic mass is 10.1. The first-order chi connectivity index (χ1) is 12.7. The van der Waals surface area contributed by atoms with Crippen molar-refractivity contribution >= 4 is 23.0 Å². The molecule has 0 spiro atoms. The molecule has 1 atom stereocenters. The molecule has 1 aromatic carbocycles. The van der Waals surface area contributed by atoms with Gasteiger partial charge in [-0.25, -0.2) is 0 Å². The summed E-state index contributed by atoms with van der Waals surface area (Å²) in [6.07, 6.45) is 0.469. The van der Waals surface area contributed by atoms with E-state index in [-0.39, 0.29) is 30.6 Å². The van der Waals surface area contributed by atoms with Gasteiger partial charge in [0, 0.05) is 12.8 Å². The summed E-state index contributed by atoms with van der Waals surface area (Å²) in [6.45, 7) is 4.27. The van der Waals surface area contributed by atoms with Crippen LogP contribution in [0.1, 0.15) is 34.1 Å². The van der Waals surface area contributed by atoms with Gasteiger partial charge in [-0.3, -0.25) is 9.59 Å². The maximum Gasteiger partial charge on any atom is 0.221 e. The molecular formula is C20H25N2O3S+. The average molecular weight is 373 g/mol. The van der Waals surface area contributed by atoms with Gasteiger partial charge < -0.3 is 15.0 Å². The summed E-state index contributed by atoms with van der Waals surface area (Å²) in [5.41, 5.74) is 1.10. The number of nitrogens with one attached hydrogen (secondary N) is 2. The van der Waals surface area contributed by atoms with Crippen LogP contribution in [0.3, 0.4) is 0 Å². The molecule has 1 aromatic heterocycles. The van der Waals surface area contributed by atoms with E-state index in [2.05, 4.69) is 5.32 Å². The van der Waals surface area contributed by atoms with Crippen LogP contribution in [-0.2, 0) is 9.53 Å². The number of rotatable bonds is 8. The molecule has 6 heteroatoms. The van der Waals surface area contributed by atoms with E-state index in [0.717, 1.165) is 43.3 Å². The average Bonchev–Trinajstić information content (AvgIpc) is 3.22. The number of carbonyl (C=O) groups is 2. The highest BCUT2D eigenvalue weighted by Gasteiger charge is 2.23. The van der Waals surface area contributed by atoms with E-state index in [0.29, 0.717) is 0 Å². The van der Waals surface area contributed by atoms with E-state index in [1.165, 1.54) is 16.2 Å². The normalized spacial score (nSPS) is 16.2. The van der Waals surface area contributed by atoms with Crippen LogP contribution in [0.4, 0.5) is 0 Å². The third-order valence-corrected chi connectivity index (χ3v) is 5.52. The van der Waals surface area contributed by atoms with Crippen LogP contribution in [-0.4, -0.2) is 44.5 Å². The first kappa shape index (κ1) is 18.8. The van der Waals surface area contributed by atoms with Crippen LogP contribution in [0.2, 0.25) is 0 Å². The highest BCUT2D eigenvalue weighted by Crippen LogP contribution is 2.14. The van der Waals surface area contributed by atoms with Crippen LogP contribution in [0.25, 0.3) is 0 Å². The van der Waals surface area contributed by atoms with E-state index in [9.17, 15) is 9.59 Å². The number of Topliss-reactive ketones (excluding diaryl/α,β-unsaturated/α-hetero) is 1. The molecule has 26 heavy (non-hydrogen) atoms. The molecule has 5 nitrogen and oxygen atoms in total. The molecule has 138 valence electrons. The monoisotopic (exact) mass is 373 g/mol. The van der Waals surface area contributed by atoms with E-state index in [1.54, 1.807) is 6.07 Å². The third kappa shape index (κ3) is 5.49. The Balaban J connectivity index is 1.57. The fraction of sp³-hybridized carbons (Fsp3) is 0.400. The lowest BCUT2D eigenvalue weighted by molar-refractivity contribution is -0.909. The van der Waals surface area contributed by atoms with E-state index >= 15 is 0 Å². The molecule has 2 heterocycles. The van der Waals surface area contributed by atoms with Crippen molar-refractivity contribution in [2.45, 2.75) is 18.9 Å². The number of hydrogen-bond acceptors (Lipinski definition) is 4. The smallest absolute Gasteiger partial charge is 0.221 e. The molecule has 2 aromatic rings. The minimum absolute atomic E-state index is 0.0326. The summed E-state index contributed by atoms with van der Waals surface area (Å²) in [4.78, 5) is 26.7. The van der Waals surface area contributed by atoms with Gasteiger partial charge in [-0.15, -0.1) is 11.3 Å². The van der Waals surface area contributed by atoms with E-state index in [4.69, 9.17) is 4.74 Å². The van der Waals surface area contributed by atoms with Gasteiger partial charge in [-0.2, -0.15) is 0 Å². The van der Waals surface area contributed by atoms with Crippen LogP contribution in [0, 0.1) is 0 Å². The largest absolute Gasteiger partial charge is 0.370 e. The Labute approximate surface area is 158 Å². The molecular weight excluding hydrogens is 348 g/mol. The zero-order valence-corrected chi connectivity index (χ0v) is 15.6. The van der Waals surface area contributed by atoms with Crippen molar-refractivity contribution in [3.8, 4) is 0 Å². The van der Waals surface area contributed by atoms with Crippen molar-refractivity contribution in [2.75, 3.05) is 32.8 Å². The van der Waals surface area contributed by atoms with Gasteiger partial charge in [0.1, 0.15) is 25.7 Å². The fourth-order valence-corrected chi connectivity index (χ4v) is 3.84. The van der Waals surface area contributed by atoms with Crippen molar-refractivity contribution in [2.24, 2.45) is 0 Å². The Hall–Kier alpha value is -2.02. The van der Waals surface area contributed by atoms with Crippen LogP contribution < -0.4 is 10.2 Å². The van der Waals surface area contributed by atoms with Crippen molar-refractivity contribution in [3.63, 3.8) is 0 Å². The van der Waals surface area contributed by atoms with Crippen LogP contribution >= 0.6 is 11.3 Å². The Bertz CT molecular complexity index is 697. The number of benzene rings is 1. The first-order valence-corrected chi connectivity index (χ1v) is 9.92. The van der Waals surface area contributed by atoms with Gasteiger partial charge in [0.05, 0.1) is 18.1 Å². The zero-order chi connectivity index (χ0) is 18.2. The lowest BCUT2D eigenvalue weighted by Crippen LogP contribution is -3.14. The summed E-state index contributed by atoms with van der Waals surface area (Å²) in [5.74, 6) is -0.0402. The number of hydrogen-bond donors (Lipinski definition) is 2. The summed E-state index contributed by atoms with van der Waals surface area (Å²) in [5, 5.41) is 5.01. The summed E-state index contributed by atoms with van der Waals surface area (Å²) >= 11 is 1.42. The second-order valence-electron chi connectivity index (χ2n) is 6.50. The quantitative estimate of drug-likeness (QED) is 0.689. The number of amides is 1. The molecule has 0 aliphatic carbocycles. The minimum atomic E-state index is -0.0728. The molecule has 2 N–H and O–H groups in total. The first-order valence-electron chi connectivity index (χ1n) is 9.04. The minimum Gasteiger partial charge on any atom is -0.370 e. The van der Waals surface area contributed by atoms with Gasteiger partial charge in [-0.1, -0.05) is 36.4 Å². The van der Waals surface area contributed by atoms with Crippen molar-refractivity contribution in [1.82, 2.24) is 5.32 Å². The van der Waals surface area contributed by atoms with Gasteiger partial charge >= 0.3 is 0 Å². The number of quaternary nitrogens is 1. The number of thiophene rings is 1. The molecule has 1 amide bonds. The lowest BCUT2D eigenvalue weighted by Gasteiger charge is -2.28. The molecule has 1 aliphatic heterocycles. The fourth-order valence-electron chi connectivity index (χ4n) is 3.14. The van der Waals surface area contributed by atoms with Crippen molar-refractivity contribution in [1.29, 1.82) is 0 Å². The van der Waals surface area contributed by atoms with Crippen LogP contribution in [0.5, 0.6) is 0 Å². The second kappa shape index (κ2) is 9.62. The molecule has 0 radical (unpaired) electrons. The summed E-state index contributed by atoms with van der Waals surface area (Å²) in [6, 6.07) is 13.7. The Morgan fingerprint density at radius 3 is 2.54 bits per heavy atom. The molecule has 1 aliphatic rings. The maximum atomic E-state index is 12.4. The molecule has 1 fully saturated rings. The highest BCUT2D eigenvalue weighted by atomic mass is 32.1. The van der Waals surface area contributed by atoms with Gasteiger partial charge in [0.15, 0.2) is 5.78 Å². The topological polar surface area (TPSA) is 59.8 Å². The highest BCUT2D eigenvalue weighted by molar-refractivity contribution is 7.12. The predicted molar refractivity (Wildman–Crippen MR) is 102 cm³/mol. The van der Waals surface area contributed by atoms with Crippen LogP contribution in [0.15, 0.2) is 47.8 Å². The molecule has 3 rings (SSSR count). The molecule has 1 saturated heterocycles. The number of carbonyl (C=O) groups excluding carboxylic acids is 2. The predicted octanol–water partition coefficient (Wildman–Crippen LogP) is 1.48. The number of ether oxygens (including phenoxy) is 1. The molecule has 0 saturated carbocycles. The Kier molecular flexibility index (Phi) is 6.94. The third-order valence-electron chi connectivity index (χ3n) is 4.60. The number of ketones is 1. The van der Waals surface area contributed by atoms with E-state index in [1.807, 2.05) is 41.8 Å². The zero-order valence-electron chi connectivity index (χ0n) is 14.8. The van der Waals surface area contributed by atoms with Gasteiger partial charge in [0.2, 0.25) is 5.91 Å². The second-order valence-corrected chi connectivity index (χ2v) is 7.45.